The zero-order valence-electron chi connectivity index (χ0n) is 36.0. The number of carbonyl (C=O) groups excluding carboxylic acids is 6. The van der Waals surface area contributed by atoms with Gasteiger partial charge >= 0.3 is 29.8 Å². The van der Waals surface area contributed by atoms with Crippen LogP contribution in [0.15, 0.2) is 57.5 Å². The highest BCUT2D eigenvalue weighted by Gasteiger charge is 2.94. The van der Waals surface area contributed by atoms with Gasteiger partial charge in [-0.1, -0.05) is 59.6 Å². The number of ketones is 1. The highest BCUT2D eigenvalue weighted by Crippen LogP contribution is 2.81. The molecule has 1 spiro atoms. The van der Waals surface area contributed by atoms with Crippen LogP contribution in [0.25, 0.3) is 0 Å². The number of hydrogen-bond donors (Lipinski definition) is 1. The smallest absolute Gasteiger partial charge is 0.353 e. The highest BCUT2D eigenvalue weighted by atomic mass is 79.9. The van der Waals surface area contributed by atoms with Gasteiger partial charge in [0.2, 0.25) is 5.60 Å². The first-order valence-electron chi connectivity index (χ1n) is 21.7. The SMILES string of the molecule is CC(=O)O[C@H]1[C@@H](C)[C@H]2[C@H]([C@@H]3[C@@H](O)[C@@H]4[C@H]([C@H](C)[C@H]5O[C@]56OC(=O)[C@@](C)(OC(=O)c5ccc(Br)cc5)[C@]46C)[C@]31C)[C@@H](OC(=O)c1ccc(Br)cc1)C(=O)[C@H]1C[C@@H]3O[C@@H]3[C@H](OC(C)=O)[C@]21C. The van der Waals surface area contributed by atoms with Gasteiger partial charge in [0.05, 0.1) is 28.7 Å². The molecule has 14 nitrogen and oxygen atoms in total. The molecule has 3 heterocycles. The van der Waals surface area contributed by atoms with Crippen LogP contribution in [-0.4, -0.2) is 94.9 Å². The van der Waals surface area contributed by atoms with Gasteiger partial charge in [-0.3, -0.25) is 14.4 Å². The van der Waals surface area contributed by atoms with Crippen LogP contribution >= 0.6 is 31.9 Å². The molecular formula is C47H50Br2O14. The molecule has 0 radical (unpaired) electrons. The summed E-state index contributed by atoms with van der Waals surface area (Å²) in [4.78, 5) is 84.6. The fourth-order valence-electron chi connectivity index (χ4n) is 15.0. The maximum absolute atomic E-state index is 15.5. The number of ether oxygens (including phenoxy) is 7. The van der Waals surface area contributed by atoms with Crippen molar-refractivity contribution in [2.24, 2.45) is 63.6 Å². The maximum Gasteiger partial charge on any atom is 0.353 e. The van der Waals surface area contributed by atoms with Gasteiger partial charge in [0.1, 0.15) is 24.4 Å². The van der Waals surface area contributed by atoms with E-state index in [1.807, 2.05) is 27.7 Å². The minimum Gasteiger partial charge on any atom is -0.462 e. The van der Waals surface area contributed by atoms with Crippen molar-refractivity contribution >= 4 is 67.5 Å². The number of Topliss-reactive ketones (excluding diaryl/α,β-unsaturated/α-hetero) is 1. The second-order valence-corrected chi connectivity index (χ2v) is 21.9. The van der Waals surface area contributed by atoms with Crippen LogP contribution in [0.3, 0.4) is 0 Å². The first kappa shape index (κ1) is 43.2. The molecule has 63 heavy (non-hydrogen) atoms. The van der Waals surface area contributed by atoms with E-state index in [-0.39, 0.29) is 29.4 Å². The molecule has 5 saturated carbocycles. The molecule has 0 aromatic heterocycles. The number of aliphatic hydroxyl groups is 1. The average molecular weight is 999 g/mol. The van der Waals surface area contributed by atoms with Gasteiger partial charge in [0, 0.05) is 57.3 Å². The van der Waals surface area contributed by atoms with Crippen molar-refractivity contribution < 1.29 is 67.0 Å². The van der Waals surface area contributed by atoms with Crippen molar-refractivity contribution in [2.45, 2.75) is 116 Å². The Bertz CT molecular complexity index is 2360. The van der Waals surface area contributed by atoms with Crippen LogP contribution in [0.2, 0.25) is 0 Å². The summed E-state index contributed by atoms with van der Waals surface area (Å²) in [6, 6.07) is 13.1. The Balaban J connectivity index is 1.17. The van der Waals surface area contributed by atoms with Crippen LogP contribution in [0.5, 0.6) is 0 Å². The Morgan fingerprint density at radius 2 is 1.30 bits per heavy atom. The van der Waals surface area contributed by atoms with Gasteiger partial charge in [-0.15, -0.1) is 0 Å². The molecule has 3 saturated heterocycles. The lowest BCUT2D eigenvalue weighted by molar-refractivity contribution is -0.252. The third-order valence-electron chi connectivity index (χ3n) is 17.4. The minimum absolute atomic E-state index is 0.181. The molecule has 10 rings (SSSR count). The van der Waals surface area contributed by atoms with Gasteiger partial charge in [-0.2, -0.15) is 0 Å². The molecule has 0 amide bonds. The Morgan fingerprint density at radius 1 is 0.730 bits per heavy atom. The Morgan fingerprint density at radius 3 is 1.89 bits per heavy atom. The van der Waals surface area contributed by atoms with E-state index >= 15 is 4.79 Å². The first-order valence-corrected chi connectivity index (χ1v) is 23.2. The monoisotopic (exact) mass is 996 g/mol. The van der Waals surface area contributed by atoms with E-state index in [0.29, 0.717) is 0 Å². The minimum atomic E-state index is -2.02. The van der Waals surface area contributed by atoms with Crippen LogP contribution in [0.4, 0.5) is 0 Å². The van der Waals surface area contributed by atoms with Crippen molar-refractivity contribution in [1.29, 1.82) is 0 Å². The van der Waals surface area contributed by atoms with Crippen molar-refractivity contribution in [3.63, 3.8) is 0 Å². The fourth-order valence-corrected chi connectivity index (χ4v) is 15.5. The second kappa shape index (κ2) is 13.9. The summed E-state index contributed by atoms with van der Waals surface area (Å²) in [5, 5.41) is 13.6. The van der Waals surface area contributed by atoms with Gasteiger partial charge < -0.3 is 38.3 Å². The van der Waals surface area contributed by atoms with Crippen LogP contribution in [-0.2, 0) is 52.3 Å². The number of halogens is 2. The molecule has 2 aromatic rings. The lowest BCUT2D eigenvalue weighted by Gasteiger charge is -2.66. The number of carbonyl (C=O) groups is 6. The summed E-state index contributed by atoms with van der Waals surface area (Å²) in [5.74, 6) is -11.5. The predicted molar refractivity (Wildman–Crippen MR) is 224 cm³/mol. The summed E-state index contributed by atoms with van der Waals surface area (Å²) >= 11 is 6.81. The van der Waals surface area contributed by atoms with E-state index in [9.17, 15) is 29.1 Å². The number of rotatable bonds is 6. The zero-order valence-corrected chi connectivity index (χ0v) is 39.2. The fraction of sp³-hybridized carbons (Fsp3) is 0.617. The molecule has 8 fully saturated rings. The topological polar surface area (TPSA) is 194 Å². The van der Waals surface area contributed by atoms with Crippen LogP contribution in [0.1, 0.15) is 82.5 Å². The Hall–Kier alpha value is -3.70. The van der Waals surface area contributed by atoms with Crippen molar-refractivity contribution in [1.82, 2.24) is 0 Å². The molecule has 0 unspecified atom stereocenters. The molecule has 5 aliphatic carbocycles. The number of esters is 5. The van der Waals surface area contributed by atoms with Gasteiger partial charge in [-0.05, 0) is 92.5 Å². The van der Waals surface area contributed by atoms with Crippen LogP contribution < -0.4 is 0 Å². The Kier molecular flexibility index (Phi) is 9.54. The standard InChI is InChI=1S/C47H50Br2O14/c1-18-29-28(36(60-40(54)22-9-13-24(48)14-10-22)33(52)26-17-27-35(59-27)39(43(26,29)5)58-21(4)51)31-34(53)32-30(44(31,6)37(18)57-20(3)50)19(2)38-47(61-38)45(32,7)46(8,42(56)63-47)62-41(55)23-11-15-25(49)16-12-23/h9-16,18-19,26-32,34-39,53H,17H2,1-8H3/t18-,19-,26+,27-,28+,29-,30-,31+,32-,34+,35-,36+,37-,38+,39-,43-,44+,45-,46+,47-/m0/s1. The Labute approximate surface area is 381 Å². The number of epoxide rings is 2. The van der Waals surface area contributed by atoms with Crippen molar-refractivity contribution in [3.8, 4) is 0 Å². The van der Waals surface area contributed by atoms with E-state index in [2.05, 4.69) is 31.9 Å². The molecule has 8 aliphatic rings. The third kappa shape index (κ3) is 5.50. The van der Waals surface area contributed by atoms with E-state index < -0.39 is 141 Å². The number of hydrogen-bond acceptors (Lipinski definition) is 14. The molecule has 0 bridgehead atoms. The van der Waals surface area contributed by atoms with E-state index in [1.54, 1.807) is 55.5 Å². The van der Waals surface area contributed by atoms with E-state index in [4.69, 9.17) is 33.2 Å². The van der Waals surface area contributed by atoms with Gasteiger partial charge in [0.15, 0.2) is 11.9 Å². The van der Waals surface area contributed by atoms with E-state index in [1.165, 1.54) is 20.8 Å². The molecule has 16 heteroatoms. The van der Waals surface area contributed by atoms with Crippen LogP contribution in [0, 0.1) is 63.6 Å². The van der Waals surface area contributed by atoms with E-state index in [0.717, 1.165) is 8.95 Å². The number of benzene rings is 2. The molecule has 3 aliphatic heterocycles. The lowest BCUT2D eigenvalue weighted by atomic mass is 9.39. The van der Waals surface area contributed by atoms with Crippen molar-refractivity contribution in [2.75, 3.05) is 0 Å². The summed E-state index contributed by atoms with van der Waals surface area (Å²) < 4.78 is 45.7. The van der Waals surface area contributed by atoms with Gasteiger partial charge in [0.25, 0.3) is 5.79 Å². The summed E-state index contributed by atoms with van der Waals surface area (Å²) in [7, 11) is 0. The summed E-state index contributed by atoms with van der Waals surface area (Å²) in [6.45, 7) is 13.6. The lowest BCUT2D eigenvalue weighted by Crippen LogP contribution is -2.72. The molecular weight excluding hydrogens is 948 g/mol. The average Bonchev–Trinajstić information content (AvgIpc) is 4.13. The highest BCUT2D eigenvalue weighted by molar-refractivity contribution is 9.10. The third-order valence-corrected chi connectivity index (χ3v) is 18.5. The quantitative estimate of drug-likeness (QED) is 0.201. The zero-order chi connectivity index (χ0) is 45.2. The largest absolute Gasteiger partial charge is 0.462 e. The molecule has 336 valence electrons. The molecule has 1 N–H and O–H groups in total. The number of fused-ring (bicyclic) bond motifs is 9. The molecule has 20 atom stereocenters. The van der Waals surface area contributed by atoms with Gasteiger partial charge in [-0.25, -0.2) is 14.4 Å². The second-order valence-electron chi connectivity index (χ2n) is 20.1. The summed E-state index contributed by atoms with van der Waals surface area (Å²) in [5.41, 5.74) is -5.54. The normalized spacial score (nSPS) is 48.0. The maximum atomic E-state index is 15.5. The predicted octanol–water partition coefficient (Wildman–Crippen LogP) is 6.01. The number of aliphatic hydroxyl groups excluding tert-OH is 1. The molecule has 2 aromatic carbocycles. The summed E-state index contributed by atoms with van der Waals surface area (Å²) in [6.07, 6.45) is -5.95. The first-order chi connectivity index (χ1) is 29.6. The van der Waals surface area contributed by atoms with Crippen molar-refractivity contribution in [3.05, 3.63) is 68.6 Å².